The number of likely N-dealkylation sites (tertiary alicyclic amines) is 2. The quantitative estimate of drug-likeness (QED) is 0.718. The Balaban J connectivity index is 1.68. The van der Waals surface area contributed by atoms with Gasteiger partial charge < -0.3 is 14.7 Å². The molecule has 0 radical (unpaired) electrons. The van der Waals surface area contributed by atoms with Crippen LogP contribution in [0.1, 0.15) is 0 Å². The van der Waals surface area contributed by atoms with Crippen LogP contribution in [0.25, 0.3) is 0 Å². The minimum atomic E-state index is 0.432. The van der Waals surface area contributed by atoms with Gasteiger partial charge in [0.2, 0.25) is 0 Å². The predicted octanol–water partition coefficient (Wildman–Crippen LogP) is 0.160. The first-order chi connectivity index (χ1) is 9.13. The number of nitrogens with zero attached hydrogens (tertiary/aromatic N) is 5. The lowest BCUT2D eigenvalue weighted by Crippen LogP contribution is -2.38. The first-order valence-electron chi connectivity index (χ1n) is 7.01. The first kappa shape index (κ1) is 11.6. The van der Waals surface area contributed by atoms with Crippen LogP contribution in [0.4, 0.5) is 5.82 Å². The standard InChI is InChI=1S/C14H21N5/c1-17-5-13-7-18(2)8-14(13,6-17)10-19(9-13)12-3-4-15-11-16-12/h3-4,11H,5-10H2,1-2H3. The van der Waals surface area contributed by atoms with Gasteiger partial charge in [-0.2, -0.15) is 0 Å². The van der Waals surface area contributed by atoms with Gasteiger partial charge in [0, 0.05) is 56.3 Å². The summed E-state index contributed by atoms with van der Waals surface area (Å²) in [6.07, 6.45) is 3.51. The molecule has 0 N–H and O–H groups in total. The predicted molar refractivity (Wildman–Crippen MR) is 74.1 cm³/mol. The second-order valence-electron chi connectivity index (χ2n) is 6.83. The van der Waals surface area contributed by atoms with Gasteiger partial charge in [0.1, 0.15) is 12.1 Å². The molecule has 5 heteroatoms. The zero-order valence-corrected chi connectivity index (χ0v) is 11.7. The average molecular weight is 259 g/mol. The minimum Gasteiger partial charge on any atom is -0.355 e. The number of anilines is 1. The van der Waals surface area contributed by atoms with E-state index in [2.05, 4.69) is 38.8 Å². The molecule has 3 aliphatic rings. The zero-order valence-electron chi connectivity index (χ0n) is 11.7. The van der Waals surface area contributed by atoms with Gasteiger partial charge in [-0.1, -0.05) is 0 Å². The fourth-order valence-corrected chi connectivity index (χ4v) is 4.90. The van der Waals surface area contributed by atoms with Gasteiger partial charge in [0.05, 0.1) is 0 Å². The molecule has 4 heterocycles. The summed E-state index contributed by atoms with van der Waals surface area (Å²) in [6, 6.07) is 2.04. The Bertz CT molecular complexity index is 450. The molecule has 4 rings (SSSR count). The molecule has 1 aromatic rings. The van der Waals surface area contributed by atoms with Crippen LogP contribution in [0.2, 0.25) is 0 Å². The summed E-state index contributed by atoms with van der Waals surface area (Å²) < 4.78 is 0. The SMILES string of the molecule is CN1CC23CN(C)CC2(C1)CN(c1ccncn1)C3. The van der Waals surface area contributed by atoms with Crippen molar-refractivity contribution in [3.63, 3.8) is 0 Å². The van der Waals surface area contributed by atoms with Crippen molar-refractivity contribution in [2.45, 2.75) is 0 Å². The topological polar surface area (TPSA) is 35.5 Å². The van der Waals surface area contributed by atoms with Gasteiger partial charge in [-0.25, -0.2) is 9.97 Å². The second-order valence-corrected chi connectivity index (χ2v) is 6.83. The number of hydrogen-bond donors (Lipinski definition) is 0. The Morgan fingerprint density at radius 2 is 1.53 bits per heavy atom. The highest BCUT2D eigenvalue weighted by molar-refractivity contribution is 5.43. The van der Waals surface area contributed by atoms with Crippen LogP contribution in [0.15, 0.2) is 18.6 Å². The van der Waals surface area contributed by atoms with Crippen LogP contribution in [0.3, 0.4) is 0 Å². The maximum absolute atomic E-state index is 4.43. The Morgan fingerprint density at radius 3 is 2.00 bits per heavy atom. The molecule has 102 valence electrons. The van der Waals surface area contributed by atoms with E-state index in [0.29, 0.717) is 10.8 Å². The van der Waals surface area contributed by atoms with Crippen molar-refractivity contribution in [2.75, 3.05) is 58.3 Å². The molecular weight excluding hydrogens is 238 g/mol. The van der Waals surface area contributed by atoms with E-state index >= 15 is 0 Å². The Kier molecular flexibility index (Phi) is 2.24. The molecule has 3 aliphatic heterocycles. The third-order valence-corrected chi connectivity index (χ3v) is 5.29. The Labute approximate surface area is 114 Å². The molecule has 1 aromatic heterocycles. The van der Waals surface area contributed by atoms with E-state index in [9.17, 15) is 0 Å². The monoisotopic (exact) mass is 259 g/mol. The zero-order chi connectivity index (χ0) is 13.1. The highest BCUT2D eigenvalue weighted by Gasteiger charge is 2.66. The first-order valence-corrected chi connectivity index (χ1v) is 7.01. The molecular formula is C14H21N5. The fraction of sp³-hybridized carbons (Fsp3) is 0.714. The molecule has 0 amide bonds. The largest absolute Gasteiger partial charge is 0.355 e. The summed E-state index contributed by atoms with van der Waals surface area (Å²) in [7, 11) is 4.53. The molecule has 0 unspecified atom stereocenters. The number of hydrogen-bond acceptors (Lipinski definition) is 5. The molecule has 0 atom stereocenters. The van der Waals surface area contributed by atoms with Crippen molar-refractivity contribution in [1.29, 1.82) is 0 Å². The normalized spacial score (nSPS) is 38.7. The molecule has 0 aliphatic carbocycles. The van der Waals surface area contributed by atoms with Crippen molar-refractivity contribution >= 4 is 5.82 Å². The molecule has 0 saturated carbocycles. The van der Waals surface area contributed by atoms with Crippen LogP contribution in [0.5, 0.6) is 0 Å². The highest BCUT2D eigenvalue weighted by atomic mass is 15.3. The van der Waals surface area contributed by atoms with E-state index in [1.807, 2.05) is 12.3 Å². The van der Waals surface area contributed by atoms with Crippen LogP contribution in [0, 0.1) is 10.8 Å². The van der Waals surface area contributed by atoms with Crippen LogP contribution < -0.4 is 4.90 Å². The third-order valence-electron chi connectivity index (χ3n) is 5.29. The van der Waals surface area contributed by atoms with Crippen LogP contribution in [-0.2, 0) is 0 Å². The number of rotatable bonds is 1. The fourth-order valence-electron chi connectivity index (χ4n) is 4.90. The smallest absolute Gasteiger partial charge is 0.131 e. The van der Waals surface area contributed by atoms with Gasteiger partial charge in [0.15, 0.2) is 0 Å². The van der Waals surface area contributed by atoms with Gasteiger partial charge in [-0.15, -0.1) is 0 Å². The molecule has 19 heavy (non-hydrogen) atoms. The van der Waals surface area contributed by atoms with E-state index in [1.165, 1.54) is 26.2 Å². The molecule has 5 nitrogen and oxygen atoms in total. The van der Waals surface area contributed by atoms with E-state index in [-0.39, 0.29) is 0 Å². The lowest BCUT2D eigenvalue weighted by Gasteiger charge is -2.28. The molecule has 0 spiro atoms. The lowest BCUT2D eigenvalue weighted by molar-refractivity contribution is 0.241. The van der Waals surface area contributed by atoms with Crippen LogP contribution >= 0.6 is 0 Å². The third kappa shape index (κ3) is 1.48. The highest BCUT2D eigenvalue weighted by Crippen LogP contribution is 2.56. The van der Waals surface area contributed by atoms with Crippen molar-refractivity contribution < 1.29 is 0 Å². The molecule has 3 saturated heterocycles. The summed E-state index contributed by atoms with van der Waals surface area (Å²) >= 11 is 0. The van der Waals surface area contributed by atoms with E-state index in [1.54, 1.807) is 6.33 Å². The van der Waals surface area contributed by atoms with E-state index in [4.69, 9.17) is 0 Å². The van der Waals surface area contributed by atoms with Crippen molar-refractivity contribution in [1.82, 2.24) is 19.8 Å². The van der Waals surface area contributed by atoms with Gasteiger partial charge in [-0.05, 0) is 20.2 Å². The molecule has 0 aromatic carbocycles. The van der Waals surface area contributed by atoms with Crippen LogP contribution in [-0.4, -0.2) is 73.1 Å². The van der Waals surface area contributed by atoms with Gasteiger partial charge >= 0.3 is 0 Å². The van der Waals surface area contributed by atoms with Gasteiger partial charge in [-0.3, -0.25) is 0 Å². The van der Waals surface area contributed by atoms with E-state index < -0.39 is 0 Å². The van der Waals surface area contributed by atoms with Crippen molar-refractivity contribution in [3.05, 3.63) is 18.6 Å². The van der Waals surface area contributed by atoms with Crippen molar-refractivity contribution in [2.24, 2.45) is 10.8 Å². The summed E-state index contributed by atoms with van der Waals surface area (Å²) in [5, 5.41) is 0. The Morgan fingerprint density at radius 1 is 0.947 bits per heavy atom. The van der Waals surface area contributed by atoms with E-state index in [0.717, 1.165) is 18.9 Å². The second kappa shape index (κ2) is 3.67. The lowest BCUT2D eigenvalue weighted by atomic mass is 9.71. The maximum atomic E-state index is 4.43. The minimum absolute atomic E-state index is 0.432. The molecule has 3 fully saturated rings. The Hall–Kier alpha value is -1.20. The van der Waals surface area contributed by atoms with Gasteiger partial charge in [0.25, 0.3) is 0 Å². The molecule has 0 bridgehead atoms. The summed E-state index contributed by atoms with van der Waals surface area (Å²) in [6.45, 7) is 7.16. The number of aromatic nitrogens is 2. The summed E-state index contributed by atoms with van der Waals surface area (Å²) in [4.78, 5) is 16.0. The average Bonchev–Trinajstić information content (AvgIpc) is 2.85. The summed E-state index contributed by atoms with van der Waals surface area (Å²) in [5.41, 5.74) is 0.864. The summed E-state index contributed by atoms with van der Waals surface area (Å²) in [5.74, 6) is 1.09. The van der Waals surface area contributed by atoms with Crippen molar-refractivity contribution in [3.8, 4) is 0 Å². The maximum Gasteiger partial charge on any atom is 0.131 e.